The van der Waals surface area contributed by atoms with Gasteiger partial charge in [-0.2, -0.15) is 0 Å². The second-order valence-corrected chi connectivity index (χ2v) is 4.62. The van der Waals surface area contributed by atoms with Crippen LogP contribution >= 0.6 is 11.6 Å². The third-order valence-corrected chi connectivity index (χ3v) is 3.46. The maximum absolute atomic E-state index is 12.0. The number of allylic oxidation sites excluding steroid dienone is 3. The molecule has 4 heteroatoms. The van der Waals surface area contributed by atoms with E-state index in [-0.39, 0.29) is 22.4 Å². The second-order valence-electron chi connectivity index (χ2n) is 4.24. The number of rotatable bonds is 3. The number of ketones is 1. The normalized spacial score (nSPS) is 15.3. The minimum Gasteiger partial charge on any atom is -0.319 e. The first-order valence-electron chi connectivity index (χ1n) is 6.12. The zero-order chi connectivity index (χ0) is 13.8. The van der Waals surface area contributed by atoms with E-state index in [1.54, 1.807) is 30.3 Å². The largest absolute Gasteiger partial charge is 0.319 e. The number of hydrogen-bond donors (Lipinski definition) is 1. The fourth-order valence-electron chi connectivity index (χ4n) is 1.88. The lowest BCUT2D eigenvalue weighted by molar-refractivity contribution is -0.112. The van der Waals surface area contributed by atoms with E-state index >= 15 is 0 Å². The smallest absolute Gasteiger partial charge is 0.255 e. The molecular formula is C15H14ClNO2. The average Bonchev–Trinajstić information content (AvgIpc) is 2.45. The Kier molecular flexibility index (Phi) is 4.17. The summed E-state index contributed by atoms with van der Waals surface area (Å²) in [5.74, 6) is -0.612. The number of nitrogens with one attached hydrogen (secondary N) is 1. The number of Topliss-reactive ketones (excluding diaryl/α,β-unsaturated/α-hetero) is 1. The molecule has 1 aromatic rings. The second kappa shape index (κ2) is 5.85. The van der Waals surface area contributed by atoms with E-state index in [1.165, 1.54) is 0 Å². The lowest BCUT2D eigenvalue weighted by atomic mass is 10.00. The van der Waals surface area contributed by atoms with Crippen molar-refractivity contribution in [2.24, 2.45) is 0 Å². The summed E-state index contributed by atoms with van der Waals surface area (Å²) in [6.45, 7) is 1.95. The summed E-state index contributed by atoms with van der Waals surface area (Å²) in [4.78, 5) is 23.9. The number of benzene rings is 1. The molecule has 1 N–H and O–H groups in total. The lowest BCUT2D eigenvalue weighted by Crippen LogP contribution is -2.29. The van der Waals surface area contributed by atoms with Crippen molar-refractivity contribution >= 4 is 23.3 Å². The van der Waals surface area contributed by atoms with Crippen LogP contribution in [0.5, 0.6) is 0 Å². The van der Waals surface area contributed by atoms with Gasteiger partial charge in [0, 0.05) is 5.56 Å². The van der Waals surface area contributed by atoms with E-state index in [0.717, 1.165) is 12.0 Å². The topological polar surface area (TPSA) is 46.2 Å². The Hall–Kier alpha value is -1.87. The molecule has 0 spiro atoms. The van der Waals surface area contributed by atoms with Crippen LogP contribution in [0.3, 0.4) is 0 Å². The van der Waals surface area contributed by atoms with Crippen molar-refractivity contribution in [3.63, 3.8) is 0 Å². The van der Waals surface area contributed by atoms with E-state index in [0.29, 0.717) is 12.0 Å². The highest BCUT2D eigenvalue weighted by Crippen LogP contribution is 2.25. The maximum atomic E-state index is 12.0. The van der Waals surface area contributed by atoms with Gasteiger partial charge in [0.25, 0.3) is 5.91 Å². The third-order valence-electron chi connectivity index (χ3n) is 3.02. The molecule has 0 saturated carbocycles. The van der Waals surface area contributed by atoms with Crippen LogP contribution in [0.2, 0.25) is 0 Å². The number of carbonyl (C=O) groups excluding carboxylic acids is 2. The van der Waals surface area contributed by atoms with Crippen LogP contribution in [0.25, 0.3) is 0 Å². The monoisotopic (exact) mass is 275 g/mol. The molecule has 0 radical (unpaired) electrons. The Morgan fingerprint density at radius 2 is 2.00 bits per heavy atom. The highest BCUT2D eigenvalue weighted by molar-refractivity contribution is 6.46. The Bertz CT molecular complexity index is 573. The fourth-order valence-corrected chi connectivity index (χ4v) is 2.19. The van der Waals surface area contributed by atoms with E-state index in [4.69, 9.17) is 11.6 Å². The quantitative estimate of drug-likeness (QED) is 0.921. The van der Waals surface area contributed by atoms with Crippen molar-refractivity contribution in [1.29, 1.82) is 0 Å². The maximum Gasteiger partial charge on any atom is 0.255 e. The molecule has 1 amide bonds. The first kappa shape index (κ1) is 13.6. The first-order chi connectivity index (χ1) is 9.13. The molecule has 19 heavy (non-hydrogen) atoms. The Morgan fingerprint density at radius 3 is 2.63 bits per heavy atom. The van der Waals surface area contributed by atoms with Gasteiger partial charge in [0.1, 0.15) is 0 Å². The molecule has 3 nitrogen and oxygen atoms in total. The molecule has 2 rings (SSSR count). The van der Waals surface area contributed by atoms with Crippen LogP contribution in [-0.2, 0) is 4.79 Å². The van der Waals surface area contributed by atoms with Gasteiger partial charge >= 0.3 is 0 Å². The predicted octanol–water partition coefficient (Wildman–Crippen LogP) is 3.18. The highest BCUT2D eigenvalue weighted by atomic mass is 35.5. The van der Waals surface area contributed by atoms with Gasteiger partial charge in [-0.3, -0.25) is 9.59 Å². The van der Waals surface area contributed by atoms with Gasteiger partial charge in [0.15, 0.2) is 0 Å². The lowest BCUT2D eigenvalue weighted by Gasteiger charge is -2.15. The molecule has 0 saturated heterocycles. The number of amides is 1. The molecule has 0 fully saturated rings. The average molecular weight is 276 g/mol. The van der Waals surface area contributed by atoms with E-state index in [9.17, 15) is 9.59 Å². The molecule has 0 aliphatic heterocycles. The van der Waals surface area contributed by atoms with Crippen LogP contribution < -0.4 is 5.32 Å². The van der Waals surface area contributed by atoms with Crippen LogP contribution in [0.1, 0.15) is 30.1 Å². The first-order valence-corrected chi connectivity index (χ1v) is 6.50. The molecule has 0 atom stereocenters. The van der Waals surface area contributed by atoms with E-state index in [2.05, 4.69) is 5.32 Å². The summed E-state index contributed by atoms with van der Waals surface area (Å²) in [6.07, 6.45) is 3.06. The van der Waals surface area contributed by atoms with Crippen LogP contribution in [-0.4, -0.2) is 11.7 Å². The van der Waals surface area contributed by atoms with Gasteiger partial charge in [-0.1, -0.05) is 42.8 Å². The summed E-state index contributed by atoms with van der Waals surface area (Å²) >= 11 is 6.00. The summed E-state index contributed by atoms with van der Waals surface area (Å²) in [5, 5.41) is 2.84. The molecule has 0 unspecified atom stereocenters. The summed E-state index contributed by atoms with van der Waals surface area (Å²) in [6, 6.07) is 8.76. The predicted molar refractivity (Wildman–Crippen MR) is 74.8 cm³/mol. The minimum absolute atomic E-state index is 0.230. The van der Waals surface area contributed by atoms with Gasteiger partial charge in [0.2, 0.25) is 5.78 Å². The minimum atomic E-state index is -0.311. The van der Waals surface area contributed by atoms with Gasteiger partial charge in [-0.15, -0.1) is 0 Å². The van der Waals surface area contributed by atoms with Crippen LogP contribution in [0.4, 0.5) is 0 Å². The molecule has 1 aliphatic rings. The van der Waals surface area contributed by atoms with Gasteiger partial charge in [0.05, 0.1) is 10.7 Å². The molecule has 0 aromatic heterocycles. The molecule has 1 aromatic carbocycles. The number of carbonyl (C=O) groups is 2. The Labute approximate surface area is 117 Å². The molecular weight excluding hydrogens is 262 g/mol. The van der Waals surface area contributed by atoms with Crippen molar-refractivity contribution in [3.8, 4) is 0 Å². The van der Waals surface area contributed by atoms with Crippen LogP contribution in [0, 0.1) is 0 Å². The van der Waals surface area contributed by atoms with Gasteiger partial charge < -0.3 is 5.32 Å². The SMILES string of the molecule is CCC1=C(Cl)C(=O)C(NC(=O)c2ccccc2)=CC1. The zero-order valence-electron chi connectivity index (χ0n) is 10.6. The third kappa shape index (κ3) is 2.93. The van der Waals surface area contributed by atoms with E-state index < -0.39 is 0 Å². The molecule has 1 aliphatic carbocycles. The molecule has 98 valence electrons. The summed E-state index contributed by atoms with van der Waals surface area (Å²) in [7, 11) is 0. The summed E-state index contributed by atoms with van der Waals surface area (Å²) in [5.41, 5.74) is 1.68. The van der Waals surface area contributed by atoms with Crippen molar-refractivity contribution < 1.29 is 9.59 Å². The summed E-state index contributed by atoms with van der Waals surface area (Å²) < 4.78 is 0. The Balaban J connectivity index is 2.12. The van der Waals surface area contributed by atoms with Crippen molar-refractivity contribution in [2.75, 3.05) is 0 Å². The van der Waals surface area contributed by atoms with Crippen molar-refractivity contribution in [2.45, 2.75) is 19.8 Å². The highest BCUT2D eigenvalue weighted by Gasteiger charge is 2.22. The van der Waals surface area contributed by atoms with Gasteiger partial charge in [-0.05, 0) is 30.5 Å². The van der Waals surface area contributed by atoms with E-state index in [1.807, 2.05) is 13.0 Å². The zero-order valence-corrected chi connectivity index (χ0v) is 11.3. The van der Waals surface area contributed by atoms with Crippen LogP contribution in [0.15, 0.2) is 52.7 Å². The number of halogens is 1. The fraction of sp³-hybridized carbons (Fsp3) is 0.200. The van der Waals surface area contributed by atoms with Gasteiger partial charge in [-0.25, -0.2) is 0 Å². The van der Waals surface area contributed by atoms with Crippen molar-refractivity contribution in [3.05, 3.63) is 58.3 Å². The molecule has 0 heterocycles. The standard InChI is InChI=1S/C15H14ClNO2/c1-2-10-8-9-12(14(18)13(10)16)17-15(19)11-6-4-3-5-7-11/h3-7,9H,2,8H2,1H3,(H,17,19). The Morgan fingerprint density at radius 1 is 1.32 bits per heavy atom. The molecule has 0 bridgehead atoms. The van der Waals surface area contributed by atoms with Crippen molar-refractivity contribution in [1.82, 2.24) is 5.32 Å². The number of hydrogen-bond acceptors (Lipinski definition) is 2.